The van der Waals surface area contributed by atoms with Gasteiger partial charge in [-0.3, -0.25) is 10.2 Å². The standard InChI is InChI=1S/C18H20FN5O4S/c1-18(10-29(26,27)24(2)17(20)23-18)13-8-11(4-6-14(13)19)22-16(25)15-7-5-12(28-3)9-21-15/h4-9H,10H2,1-3H3,(H2,20,23)(H,22,25)/t18-/m0/s1. The number of nitrogens with one attached hydrogen (secondary N) is 3. The molecule has 3 N–H and O–H groups in total. The lowest BCUT2D eigenvalue weighted by Crippen LogP contribution is -2.61. The van der Waals surface area contributed by atoms with Gasteiger partial charge in [0.05, 0.1) is 24.6 Å². The number of anilines is 1. The molecule has 0 aliphatic carbocycles. The number of pyridine rings is 1. The third kappa shape index (κ3) is 3.99. The Morgan fingerprint density at radius 3 is 2.69 bits per heavy atom. The van der Waals surface area contributed by atoms with Crippen molar-refractivity contribution in [1.29, 1.82) is 5.41 Å². The molecule has 0 unspecified atom stereocenters. The number of nitrogens with zero attached hydrogens (tertiary/aromatic N) is 2. The van der Waals surface area contributed by atoms with Crippen LogP contribution in [0.15, 0.2) is 36.5 Å². The van der Waals surface area contributed by atoms with Crippen LogP contribution in [0.2, 0.25) is 0 Å². The summed E-state index contributed by atoms with van der Waals surface area (Å²) in [6.45, 7) is 1.49. The number of guanidine groups is 1. The zero-order valence-electron chi connectivity index (χ0n) is 16.0. The second kappa shape index (κ2) is 7.32. The summed E-state index contributed by atoms with van der Waals surface area (Å²) >= 11 is 0. The Morgan fingerprint density at radius 1 is 1.38 bits per heavy atom. The van der Waals surface area contributed by atoms with E-state index >= 15 is 0 Å². The summed E-state index contributed by atoms with van der Waals surface area (Å²) in [5.41, 5.74) is -0.981. The molecule has 1 amide bonds. The summed E-state index contributed by atoms with van der Waals surface area (Å²) in [5, 5.41) is 13.2. The molecule has 154 valence electrons. The van der Waals surface area contributed by atoms with Gasteiger partial charge in [-0.15, -0.1) is 0 Å². The molecule has 0 radical (unpaired) electrons. The maximum Gasteiger partial charge on any atom is 0.274 e. The quantitative estimate of drug-likeness (QED) is 0.687. The van der Waals surface area contributed by atoms with Crippen molar-refractivity contribution in [2.24, 2.45) is 0 Å². The molecule has 1 saturated heterocycles. The van der Waals surface area contributed by atoms with Gasteiger partial charge in [0.25, 0.3) is 5.91 Å². The molecule has 1 aromatic heterocycles. The SMILES string of the molecule is COc1ccc(C(=O)Nc2ccc(F)c([C@]3(C)CS(=O)(=O)N(C)C(=N)N3)c2)nc1. The molecule has 3 rings (SSSR count). The van der Waals surface area contributed by atoms with Gasteiger partial charge in [-0.05, 0) is 37.3 Å². The summed E-state index contributed by atoms with van der Waals surface area (Å²) in [7, 11) is -1.07. The second-order valence-electron chi connectivity index (χ2n) is 6.76. The van der Waals surface area contributed by atoms with E-state index in [0.29, 0.717) is 5.75 Å². The predicted octanol–water partition coefficient (Wildman–Crippen LogP) is 1.50. The third-order valence-electron chi connectivity index (χ3n) is 4.62. The molecule has 1 aliphatic rings. The van der Waals surface area contributed by atoms with Gasteiger partial charge in [-0.1, -0.05) is 0 Å². The van der Waals surface area contributed by atoms with Gasteiger partial charge in [-0.2, -0.15) is 0 Å². The number of halogens is 1. The van der Waals surface area contributed by atoms with E-state index in [1.54, 1.807) is 6.07 Å². The first-order valence-electron chi connectivity index (χ1n) is 8.50. The molecule has 2 aromatic rings. The number of amides is 1. The van der Waals surface area contributed by atoms with E-state index in [0.717, 1.165) is 10.4 Å². The van der Waals surface area contributed by atoms with E-state index in [2.05, 4.69) is 15.6 Å². The number of methoxy groups -OCH3 is 1. The van der Waals surface area contributed by atoms with Crippen LogP contribution in [0.3, 0.4) is 0 Å². The lowest BCUT2D eigenvalue weighted by atomic mass is 9.93. The molecular formula is C18H20FN5O4S. The van der Waals surface area contributed by atoms with E-state index in [9.17, 15) is 17.6 Å². The first kappa shape index (κ1) is 20.5. The molecular weight excluding hydrogens is 401 g/mol. The van der Waals surface area contributed by atoms with Crippen molar-refractivity contribution in [2.45, 2.75) is 12.5 Å². The van der Waals surface area contributed by atoms with E-state index in [1.165, 1.54) is 45.5 Å². The molecule has 1 fully saturated rings. The largest absolute Gasteiger partial charge is 0.495 e. The van der Waals surface area contributed by atoms with Gasteiger partial charge in [0.15, 0.2) is 0 Å². The van der Waals surface area contributed by atoms with Gasteiger partial charge >= 0.3 is 0 Å². The normalized spacial score (nSPS) is 20.7. The monoisotopic (exact) mass is 421 g/mol. The van der Waals surface area contributed by atoms with Crippen LogP contribution < -0.4 is 15.4 Å². The number of aromatic nitrogens is 1. The zero-order chi connectivity index (χ0) is 21.4. The average molecular weight is 421 g/mol. The van der Waals surface area contributed by atoms with Crippen LogP contribution in [0.5, 0.6) is 5.75 Å². The highest BCUT2D eigenvalue weighted by molar-refractivity contribution is 7.89. The topological polar surface area (TPSA) is 124 Å². The molecule has 0 saturated carbocycles. The summed E-state index contributed by atoms with van der Waals surface area (Å²) in [6.07, 6.45) is 1.39. The number of carbonyl (C=O) groups excluding carboxylic acids is 1. The van der Waals surface area contributed by atoms with Crippen molar-refractivity contribution in [3.05, 3.63) is 53.6 Å². The van der Waals surface area contributed by atoms with Crippen LogP contribution in [0, 0.1) is 11.2 Å². The van der Waals surface area contributed by atoms with Crippen LogP contribution in [-0.2, 0) is 15.6 Å². The van der Waals surface area contributed by atoms with Gasteiger partial charge in [0.2, 0.25) is 16.0 Å². The highest BCUT2D eigenvalue weighted by atomic mass is 32.2. The van der Waals surface area contributed by atoms with Crippen LogP contribution >= 0.6 is 0 Å². The van der Waals surface area contributed by atoms with Crippen molar-refractivity contribution in [3.63, 3.8) is 0 Å². The van der Waals surface area contributed by atoms with Crippen molar-refractivity contribution in [2.75, 3.05) is 25.2 Å². The number of hydrogen-bond acceptors (Lipinski definition) is 6. The minimum atomic E-state index is -3.80. The van der Waals surface area contributed by atoms with E-state index in [4.69, 9.17) is 10.1 Å². The average Bonchev–Trinajstić information content (AvgIpc) is 2.67. The fourth-order valence-electron chi connectivity index (χ4n) is 2.98. The molecule has 1 atom stereocenters. The van der Waals surface area contributed by atoms with E-state index < -0.39 is 33.0 Å². The molecule has 1 aromatic carbocycles. The van der Waals surface area contributed by atoms with E-state index in [1.807, 2.05) is 0 Å². The fraction of sp³-hybridized carbons (Fsp3) is 0.278. The summed E-state index contributed by atoms with van der Waals surface area (Å²) in [6, 6.07) is 6.90. The molecule has 0 spiro atoms. The van der Waals surface area contributed by atoms with Crippen LogP contribution in [0.1, 0.15) is 23.0 Å². The number of benzene rings is 1. The molecule has 11 heteroatoms. The maximum absolute atomic E-state index is 14.6. The summed E-state index contributed by atoms with van der Waals surface area (Å²) in [4.78, 5) is 16.4. The Morgan fingerprint density at radius 2 is 2.10 bits per heavy atom. The molecule has 29 heavy (non-hydrogen) atoms. The fourth-order valence-corrected chi connectivity index (χ4v) is 4.45. The second-order valence-corrected chi connectivity index (χ2v) is 8.76. The van der Waals surface area contributed by atoms with Crippen LogP contribution in [0.4, 0.5) is 10.1 Å². The Kier molecular flexibility index (Phi) is 5.18. The van der Waals surface area contributed by atoms with Crippen molar-refractivity contribution in [1.82, 2.24) is 14.6 Å². The van der Waals surface area contributed by atoms with Crippen molar-refractivity contribution in [3.8, 4) is 5.75 Å². The Labute approximate surface area is 167 Å². The number of sulfonamides is 1. The molecule has 2 heterocycles. The van der Waals surface area contributed by atoms with Crippen molar-refractivity contribution < 1.29 is 22.3 Å². The van der Waals surface area contributed by atoms with Crippen molar-refractivity contribution >= 4 is 27.6 Å². The summed E-state index contributed by atoms with van der Waals surface area (Å²) in [5.74, 6) is -1.50. The first-order chi connectivity index (χ1) is 13.6. The number of hydrogen-bond donors (Lipinski definition) is 3. The molecule has 9 nitrogen and oxygen atoms in total. The number of ether oxygens (including phenoxy) is 1. The van der Waals surface area contributed by atoms with Crippen LogP contribution in [-0.4, -0.2) is 49.5 Å². The van der Waals surface area contributed by atoms with E-state index in [-0.39, 0.29) is 22.9 Å². The number of rotatable bonds is 4. The molecule has 0 bridgehead atoms. The number of carbonyl (C=O) groups is 1. The predicted molar refractivity (Wildman–Crippen MR) is 105 cm³/mol. The highest BCUT2D eigenvalue weighted by Gasteiger charge is 2.43. The molecule has 1 aliphatic heterocycles. The lowest BCUT2D eigenvalue weighted by molar-refractivity contribution is 0.102. The highest BCUT2D eigenvalue weighted by Crippen LogP contribution is 2.31. The lowest BCUT2D eigenvalue weighted by Gasteiger charge is -2.40. The van der Waals surface area contributed by atoms with Gasteiger partial charge in [0.1, 0.15) is 17.3 Å². The van der Waals surface area contributed by atoms with Gasteiger partial charge in [0, 0.05) is 18.3 Å². The first-order valence-corrected chi connectivity index (χ1v) is 10.1. The maximum atomic E-state index is 14.6. The summed E-state index contributed by atoms with van der Waals surface area (Å²) < 4.78 is 45.0. The Hall–Kier alpha value is -3.21. The van der Waals surface area contributed by atoms with Gasteiger partial charge in [-0.25, -0.2) is 22.1 Å². The Balaban J connectivity index is 1.90. The Bertz CT molecular complexity index is 1070. The van der Waals surface area contributed by atoms with Crippen LogP contribution in [0.25, 0.3) is 0 Å². The minimum absolute atomic E-state index is 0.0133. The van der Waals surface area contributed by atoms with Gasteiger partial charge < -0.3 is 15.4 Å². The smallest absolute Gasteiger partial charge is 0.274 e. The third-order valence-corrected chi connectivity index (χ3v) is 6.58. The zero-order valence-corrected chi connectivity index (χ0v) is 16.8. The minimum Gasteiger partial charge on any atom is -0.495 e.